The third-order valence-corrected chi connectivity index (χ3v) is 2.97. The van der Waals surface area contributed by atoms with E-state index >= 15 is 0 Å². The molecule has 0 saturated heterocycles. The number of nitrogens with one attached hydrogen (secondary N) is 2. The van der Waals surface area contributed by atoms with Crippen LogP contribution < -0.4 is 10.6 Å². The first kappa shape index (κ1) is 11.9. The molecule has 0 spiro atoms. The van der Waals surface area contributed by atoms with Crippen molar-refractivity contribution in [2.45, 2.75) is 25.4 Å². The maximum absolute atomic E-state index is 12.0. The number of rotatable bonds is 3. The van der Waals surface area contributed by atoms with Crippen LogP contribution in [0.15, 0.2) is 24.3 Å². The van der Waals surface area contributed by atoms with E-state index in [0.29, 0.717) is 6.54 Å². The minimum absolute atomic E-state index is 0.000139. The second kappa shape index (κ2) is 5.19. The average Bonchev–Trinajstić information content (AvgIpc) is 2.35. The van der Waals surface area contributed by atoms with Crippen LogP contribution in [-0.2, 0) is 4.79 Å². The van der Waals surface area contributed by atoms with E-state index in [-0.39, 0.29) is 11.8 Å². The van der Waals surface area contributed by atoms with Crippen molar-refractivity contribution in [3.05, 3.63) is 29.8 Å². The van der Waals surface area contributed by atoms with Gasteiger partial charge in [-0.25, -0.2) is 0 Å². The van der Waals surface area contributed by atoms with Crippen molar-refractivity contribution >= 4 is 11.6 Å². The van der Waals surface area contributed by atoms with Crippen LogP contribution in [0, 0.1) is 0 Å². The highest BCUT2D eigenvalue weighted by Gasteiger charge is 2.25. The van der Waals surface area contributed by atoms with Gasteiger partial charge in [0.2, 0.25) is 5.91 Å². The van der Waals surface area contributed by atoms with Crippen LogP contribution >= 0.6 is 0 Å². The number of aliphatic hydroxyl groups is 1. The standard InChI is InChI=1S/C13H18N2O2/c1-9(16)8-15-13(17)11-6-7-14-12-5-3-2-4-10(11)12/h2-5,9,11,14,16H,6-8H2,1H3,(H,15,17)/t9-,11?/m1/s1. The topological polar surface area (TPSA) is 61.4 Å². The fourth-order valence-electron chi connectivity index (χ4n) is 2.11. The molecule has 1 unspecified atom stereocenters. The largest absolute Gasteiger partial charge is 0.392 e. The number of hydrogen-bond acceptors (Lipinski definition) is 3. The van der Waals surface area contributed by atoms with E-state index < -0.39 is 6.10 Å². The number of anilines is 1. The lowest BCUT2D eigenvalue weighted by molar-refractivity contribution is -0.123. The molecule has 0 saturated carbocycles. The van der Waals surface area contributed by atoms with Gasteiger partial charge in [-0.1, -0.05) is 18.2 Å². The Morgan fingerprint density at radius 1 is 1.59 bits per heavy atom. The summed E-state index contributed by atoms with van der Waals surface area (Å²) in [7, 11) is 0. The molecular formula is C13H18N2O2. The van der Waals surface area contributed by atoms with E-state index in [1.165, 1.54) is 0 Å². The zero-order valence-corrected chi connectivity index (χ0v) is 9.94. The van der Waals surface area contributed by atoms with Crippen molar-refractivity contribution in [3.63, 3.8) is 0 Å². The number of benzene rings is 1. The van der Waals surface area contributed by atoms with Crippen molar-refractivity contribution in [2.75, 3.05) is 18.4 Å². The normalized spacial score (nSPS) is 20.0. The Labute approximate surface area is 101 Å². The first-order chi connectivity index (χ1) is 8.18. The van der Waals surface area contributed by atoms with Crippen molar-refractivity contribution in [2.24, 2.45) is 0 Å². The Balaban J connectivity index is 2.10. The SMILES string of the molecule is C[C@@H](O)CNC(=O)C1CCNc2ccccc21. The van der Waals surface area contributed by atoms with Gasteiger partial charge in [-0.3, -0.25) is 4.79 Å². The number of carbonyl (C=O) groups is 1. The summed E-state index contributed by atoms with van der Waals surface area (Å²) >= 11 is 0. The Morgan fingerprint density at radius 3 is 3.12 bits per heavy atom. The number of fused-ring (bicyclic) bond motifs is 1. The van der Waals surface area contributed by atoms with Crippen molar-refractivity contribution in [1.29, 1.82) is 0 Å². The number of carbonyl (C=O) groups excluding carboxylic acids is 1. The van der Waals surface area contributed by atoms with E-state index in [2.05, 4.69) is 10.6 Å². The number of hydrogen-bond donors (Lipinski definition) is 3. The molecule has 0 aromatic heterocycles. The molecule has 1 amide bonds. The van der Waals surface area contributed by atoms with Crippen molar-refractivity contribution in [3.8, 4) is 0 Å². The number of aliphatic hydroxyl groups excluding tert-OH is 1. The zero-order valence-electron chi connectivity index (χ0n) is 9.94. The maximum Gasteiger partial charge on any atom is 0.227 e. The summed E-state index contributed by atoms with van der Waals surface area (Å²) in [6, 6.07) is 7.88. The molecule has 1 heterocycles. The minimum atomic E-state index is -0.504. The highest BCUT2D eigenvalue weighted by molar-refractivity contribution is 5.86. The predicted octanol–water partition coefficient (Wildman–Crippen LogP) is 1.08. The molecule has 0 fully saturated rings. The third-order valence-electron chi connectivity index (χ3n) is 2.97. The lowest BCUT2D eigenvalue weighted by Crippen LogP contribution is -2.36. The summed E-state index contributed by atoms with van der Waals surface area (Å²) in [6.07, 6.45) is 0.291. The molecule has 1 aliphatic rings. The predicted molar refractivity (Wildman–Crippen MR) is 67.0 cm³/mol. The molecule has 1 aromatic carbocycles. The quantitative estimate of drug-likeness (QED) is 0.733. The molecule has 2 atom stereocenters. The maximum atomic E-state index is 12.0. The number of para-hydroxylation sites is 1. The van der Waals surface area contributed by atoms with Gasteiger partial charge in [0.1, 0.15) is 0 Å². The van der Waals surface area contributed by atoms with Crippen LogP contribution in [0.25, 0.3) is 0 Å². The second-order valence-corrected chi connectivity index (χ2v) is 4.45. The Morgan fingerprint density at radius 2 is 2.35 bits per heavy atom. The van der Waals surface area contributed by atoms with Crippen molar-refractivity contribution < 1.29 is 9.90 Å². The molecule has 1 aromatic rings. The van der Waals surface area contributed by atoms with Gasteiger partial charge < -0.3 is 15.7 Å². The Bertz CT molecular complexity index is 404. The smallest absolute Gasteiger partial charge is 0.227 e. The van der Waals surface area contributed by atoms with Crippen LogP contribution in [0.3, 0.4) is 0 Å². The summed E-state index contributed by atoms with van der Waals surface area (Å²) in [4.78, 5) is 12.0. The molecule has 92 valence electrons. The van der Waals surface area contributed by atoms with Gasteiger partial charge in [-0.2, -0.15) is 0 Å². The van der Waals surface area contributed by atoms with E-state index in [1.807, 2.05) is 24.3 Å². The van der Waals surface area contributed by atoms with E-state index in [0.717, 1.165) is 24.2 Å². The zero-order chi connectivity index (χ0) is 12.3. The van der Waals surface area contributed by atoms with Crippen LogP contribution in [0.5, 0.6) is 0 Å². The van der Waals surface area contributed by atoms with Gasteiger partial charge in [0, 0.05) is 18.8 Å². The van der Waals surface area contributed by atoms with Crippen LogP contribution in [0.1, 0.15) is 24.8 Å². The number of amides is 1. The van der Waals surface area contributed by atoms with E-state index in [9.17, 15) is 4.79 Å². The molecule has 0 aliphatic carbocycles. The Hall–Kier alpha value is -1.55. The van der Waals surface area contributed by atoms with Gasteiger partial charge in [0.15, 0.2) is 0 Å². The highest BCUT2D eigenvalue weighted by atomic mass is 16.3. The van der Waals surface area contributed by atoms with E-state index in [1.54, 1.807) is 6.92 Å². The molecule has 3 N–H and O–H groups in total. The fourth-order valence-corrected chi connectivity index (χ4v) is 2.11. The molecule has 2 rings (SSSR count). The van der Waals surface area contributed by atoms with Gasteiger partial charge in [-0.05, 0) is 25.0 Å². The summed E-state index contributed by atoms with van der Waals surface area (Å²) in [6.45, 7) is 2.78. The highest BCUT2D eigenvalue weighted by Crippen LogP contribution is 2.31. The molecular weight excluding hydrogens is 216 g/mol. The minimum Gasteiger partial charge on any atom is -0.392 e. The molecule has 17 heavy (non-hydrogen) atoms. The third kappa shape index (κ3) is 2.77. The first-order valence-electron chi connectivity index (χ1n) is 5.97. The average molecular weight is 234 g/mol. The fraction of sp³-hybridized carbons (Fsp3) is 0.462. The monoisotopic (exact) mass is 234 g/mol. The lowest BCUT2D eigenvalue weighted by Gasteiger charge is -2.26. The van der Waals surface area contributed by atoms with Gasteiger partial charge in [0.05, 0.1) is 12.0 Å². The summed E-state index contributed by atoms with van der Waals surface area (Å²) in [5.41, 5.74) is 2.08. The molecule has 1 aliphatic heterocycles. The van der Waals surface area contributed by atoms with Gasteiger partial charge >= 0.3 is 0 Å². The van der Waals surface area contributed by atoms with Gasteiger partial charge in [-0.15, -0.1) is 0 Å². The molecule has 4 nitrogen and oxygen atoms in total. The van der Waals surface area contributed by atoms with Gasteiger partial charge in [0.25, 0.3) is 0 Å². The molecule has 4 heteroatoms. The molecule has 0 bridgehead atoms. The molecule has 0 radical (unpaired) electrons. The summed E-state index contributed by atoms with van der Waals surface area (Å²) in [5, 5.41) is 15.2. The van der Waals surface area contributed by atoms with E-state index in [4.69, 9.17) is 5.11 Å². The Kier molecular flexibility index (Phi) is 3.64. The van der Waals surface area contributed by atoms with Crippen molar-refractivity contribution in [1.82, 2.24) is 5.32 Å². The first-order valence-corrected chi connectivity index (χ1v) is 5.97. The summed E-state index contributed by atoms with van der Waals surface area (Å²) < 4.78 is 0. The van der Waals surface area contributed by atoms with Crippen LogP contribution in [0.2, 0.25) is 0 Å². The van der Waals surface area contributed by atoms with Crippen LogP contribution in [-0.4, -0.2) is 30.2 Å². The second-order valence-electron chi connectivity index (χ2n) is 4.45. The van der Waals surface area contributed by atoms with Crippen LogP contribution in [0.4, 0.5) is 5.69 Å². The lowest BCUT2D eigenvalue weighted by atomic mass is 9.90. The summed E-state index contributed by atoms with van der Waals surface area (Å²) in [5.74, 6) is -0.106.